The van der Waals surface area contributed by atoms with Gasteiger partial charge in [0.1, 0.15) is 17.1 Å². The van der Waals surface area contributed by atoms with Crippen molar-refractivity contribution in [2.24, 2.45) is 0 Å². The van der Waals surface area contributed by atoms with Crippen molar-refractivity contribution in [1.29, 1.82) is 0 Å². The molecule has 0 saturated carbocycles. The van der Waals surface area contributed by atoms with Crippen LogP contribution < -0.4 is 4.74 Å². The second kappa shape index (κ2) is 8.52. The lowest BCUT2D eigenvalue weighted by atomic mass is 10.00. The van der Waals surface area contributed by atoms with Crippen molar-refractivity contribution in [3.63, 3.8) is 0 Å². The van der Waals surface area contributed by atoms with Crippen molar-refractivity contribution in [2.75, 3.05) is 6.61 Å². The minimum Gasteiger partial charge on any atom is -0.506 e. The maximum atomic E-state index is 13.0. The number of aromatic hydroxyl groups is 1. The third-order valence-electron chi connectivity index (χ3n) is 3.90. The predicted octanol–water partition coefficient (Wildman–Crippen LogP) is 5.53. The number of phenolic OH excluding ortho intramolecular Hbond substituents is 1. The zero-order valence-corrected chi connectivity index (χ0v) is 15.2. The van der Waals surface area contributed by atoms with E-state index in [2.05, 4.69) is 0 Å². The van der Waals surface area contributed by atoms with Crippen LogP contribution in [0.2, 0.25) is 5.02 Å². The van der Waals surface area contributed by atoms with Gasteiger partial charge in [0.2, 0.25) is 0 Å². The minimum atomic E-state index is -4.60. The Bertz CT molecular complexity index is 834. The maximum absolute atomic E-state index is 13.0. The summed E-state index contributed by atoms with van der Waals surface area (Å²) in [5, 5.41) is 18.9. The Kier molecular flexibility index (Phi) is 6.59. The van der Waals surface area contributed by atoms with Crippen molar-refractivity contribution in [2.45, 2.75) is 32.4 Å². The van der Waals surface area contributed by atoms with Crippen molar-refractivity contribution < 1.29 is 32.9 Å². The van der Waals surface area contributed by atoms with Crippen LogP contribution in [0.1, 0.15) is 46.8 Å². The average Bonchev–Trinajstić information content (AvgIpc) is 2.58. The molecule has 0 heterocycles. The number of ether oxygens (including phenoxy) is 1. The standard InChI is InChI=1S/C19H18ClF3O4/c1-2-3-6-27-16-8-11(4-5-14(16)18(25)26)7-12-9-13(19(21,22)23)10-15(20)17(12)24/h4-5,8-10,24H,2-3,6-7H2,1H3,(H,25,26). The molecule has 2 aromatic rings. The van der Waals surface area contributed by atoms with Gasteiger partial charge in [-0.15, -0.1) is 0 Å². The number of aromatic carboxylic acids is 1. The van der Waals surface area contributed by atoms with E-state index in [1.807, 2.05) is 6.92 Å². The number of alkyl halides is 3. The van der Waals surface area contributed by atoms with Crippen LogP contribution in [-0.2, 0) is 12.6 Å². The molecule has 0 spiro atoms. The van der Waals surface area contributed by atoms with Gasteiger partial charge in [-0.2, -0.15) is 13.2 Å². The number of carboxylic acids is 1. The van der Waals surface area contributed by atoms with E-state index >= 15 is 0 Å². The number of benzene rings is 2. The van der Waals surface area contributed by atoms with Crippen LogP contribution in [0, 0.1) is 0 Å². The molecule has 2 aromatic carbocycles. The third-order valence-corrected chi connectivity index (χ3v) is 4.18. The summed E-state index contributed by atoms with van der Waals surface area (Å²) in [6.45, 7) is 2.28. The molecule has 2 rings (SSSR count). The maximum Gasteiger partial charge on any atom is 0.416 e. The Hall–Kier alpha value is -2.41. The van der Waals surface area contributed by atoms with Gasteiger partial charge in [-0.05, 0) is 36.2 Å². The largest absolute Gasteiger partial charge is 0.506 e. The Morgan fingerprint density at radius 1 is 1.22 bits per heavy atom. The second-order valence-corrected chi connectivity index (χ2v) is 6.39. The van der Waals surface area contributed by atoms with Gasteiger partial charge >= 0.3 is 12.1 Å². The summed E-state index contributed by atoms with van der Waals surface area (Å²) >= 11 is 5.72. The van der Waals surface area contributed by atoms with E-state index in [4.69, 9.17) is 16.3 Å². The Labute approximate surface area is 159 Å². The quantitative estimate of drug-likeness (QED) is 0.597. The Balaban J connectivity index is 2.38. The molecule has 0 bridgehead atoms. The first-order chi connectivity index (χ1) is 12.6. The fourth-order valence-corrected chi connectivity index (χ4v) is 2.71. The van der Waals surface area contributed by atoms with Gasteiger partial charge in [0.15, 0.2) is 0 Å². The van der Waals surface area contributed by atoms with E-state index in [1.54, 1.807) is 0 Å². The molecule has 0 aromatic heterocycles. The van der Waals surface area contributed by atoms with Gasteiger partial charge in [0.05, 0.1) is 17.2 Å². The molecular formula is C19H18ClF3O4. The summed E-state index contributed by atoms with van der Waals surface area (Å²) in [4.78, 5) is 11.3. The van der Waals surface area contributed by atoms with E-state index < -0.39 is 28.5 Å². The third kappa shape index (κ3) is 5.29. The molecule has 0 aliphatic carbocycles. The number of halogens is 4. The normalized spacial score (nSPS) is 11.4. The summed E-state index contributed by atoms with van der Waals surface area (Å²) in [7, 11) is 0. The molecule has 0 saturated heterocycles. The van der Waals surface area contributed by atoms with Gasteiger partial charge in [-0.25, -0.2) is 4.79 Å². The topological polar surface area (TPSA) is 66.8 Å². The summed E-state index contributed by atoms with van der Waals surface area (Å²) < 4.78 is 44.4. The number of rotatable bonds is 7. The lowest BCUT2D eigenvalue weighted by molar-refractivity contribution is -0.137. The lowest BCUT2D eigenvalue weighted by Gasteiger charge is -2.14. The van der Waals surface area contributed by atoms with Gasteiger partial charge in [-0.1, -0.05) is 31.0 Å². The Morgan fingerprint density at radius 2 is 1.93 bits per heavy atom. The summed E-state index contributed by atoms with van der Waals surface area (Å²) in [5.74, 6) is -1.48. The van der Waals surface area contributed by atoms with Crippen molar-refractivity contribution in [3.8, 4) is 11.5 Å². The molecule has 27 heavy (non-hydrogen) atoms. The van der Waals surface area contributed by atoms with Gasteiger partial charge in [0, 0.05) is 12.0 Å². The van der Waals surface area contributed by atoms with Crippen LogP contribution in [0.15, 0.2) is 30.3 Å². The fourth-order valence-electron chi connectivity index (χ4n) is 2.47. The lowest BCUT2D eigenvalue weighted by Crippen LogP contribution is -2.07. The highest BCUT2D eigenvalue weighted by Crippen LogP contribution is 2.38. The van der Waals surface area contributed by atoms with Crippen molar-refractivity contribution in [3.05, 3.63) is 57.6 Å². The molecule has 8 heteroatoms. The zero-order chi connectivity index (χ0) is 20.2. The number of carboxylic acid groups (broad SMARTS) is 1. The second-order valence-electron chi connectivity index (χ2n) is 5.98. The first-order valence-electron chi connectivity index (χ1n) is 8.21. The first-order valence-corrected chi connectivity index (χ1v) is 8.58. The monoisotopic (exact) mass is 402 g/mol. The molecule has 0 amide bonds. The van der Waals surface area contributed by atoms with Crippen LogP contribution >= 0.6 is 11.6 Å². The fraction of sp³-hybridized carbons (Fsp3) is 0.316. The average molecular weight is 403 g/mol. The summed E-state index contributed by atoms with van der Waals surface area (Å²) in [5.41, 5.74) is -0.544. The minimum absolute atomic E-state index is 0.0163. The smallest absolute Gasteiger partial charge is 0.416 e. The Morgan fingerprint density at radius 3 is 2.52 bits per heavy atom. The van der Waals surface area contributed by atoms with Crippen LogP contribution in [0.5, 0.6) is 11.5 Å². The molecule has 0 aliphatic rings. The molecule has 0 unspecified atom stereocenters. The number of unbranched alkanes of at least 4 members (excludes halogenated alkanes) is 1. The molecule has 4 nitrogen and oxygen atoms in total. The van der Waals surface area contributed by atoms with E-state index in [0.717, 1.165) is 18.9 Å². The zero-order valence-electron chi connectivity index (χ0n) is 14.4. The summed E-state index contributed by atoms with van der Waals surface area (Å²) in [6.07, 6.45) is -3.08. The van der Waals surface area contributed by atoms with Crippen LogP contribution in [0.3, 0.4) is 0 Å². The summed E-state index contributed by atoms with van der Waals surface area (Å²) in [6, 6.07) is 5.72. The molecular weight excluding hydrogens is 385 g/mol. The predicted molar refractivity (Wildman–Crippen MR) is 94.7 cm³/mol. The SMILES string of the molecule is CCCCOc1cc(Cc2cc(C(F)(F)F)cc(Cl)c2O)ccc1C(=O)O. The number of hydrogen-bond acceptors (Lipinski definition) is 3. The number of phenols is 1. The van der Waals surface area contributed by atoms with E-state index in [9.17, 15) is 28.2 Å². The van der Waals surface area contributed by atoms with Crippen LogP contribution in [0.25, 0.3) is 0 Å². The van der Waals surface area contributed by atoms with Crippen LogP contribution in [-0.4, -0.2) is 22.8 Å². The van der Waals surface area contributed by atoms with Crippen LogP contribution in [0.4, 0.5) is 13.2 Å². The highest BCUT2D eigenvalue weighted by molar-refractivity contribution is 6.32. The molecule has 0 fully saturated rings. The molecule has 0 radical (unpaired) electrons. The number of carbonyl (C=O) groups is 1. The van der Waals surface area contributed by atoms with E-state index in [0.29, 0.717) is 18.2 Å². The van der Waals surface area contributed by atoms with Crippen molar-refractivity contribution in [1.82, 2.24) is 0 Å². The van der Waals surface area contributed by atoms with E-state index in [1.165, 1.54) is 18.2 Å². The molecule has 2 N–H and O–H groups in total. The van der Waals surface area contributed by atoms with E-state index in [-0.39, 0.29) is 23.3 Å². The first kappa shape index (κ1) is 20.9. The molecule has 0 aliphatic heterocycles. The van der Waals surface area contributed by atoms with Gasteiger partial charge < -0.3 is 14.9 Å². The highest BCUT2D eigenvalue weighted by Gasteiger charge is 2.32. The number of hydrogen-bond donors (Lipinski definition) is 2. The molecule has 0 atom stereocenters. The highest BCUT2D eigenvalue weighted by atomic mass is 35.5. The van der Waals surface area contributed by atoms with Crippen molar-refractivity contribution >= 4 is 17.6 Å². The van der Waals surface area contributed by atoms with Gasteiger partial charge in [0.25, 0.3) is 0 Å². The van der Waals surface area contributed by atoms with Gasteiger partial charge in [-0.3, -0.25) is 0 Å². The molecule has 146 valence electrons.